The molecule has 0 saturated heterocycles. The van der Waals surface area contributed by atoms with Crippen molar-refractivity contribution >= 4 is 16.9 Å². The minimum absolute atomic E-state index is 0.0939. The van der Waals surface area contributed by atoms with E-state index in [4.69, 9.17) is 5.73 Å². The molecule has 0 fully saturated rings. The monoisotopic (exact) mass is 219 g/mol. The van der Waals surface area contributed by atoms with Gasteiger partial charge in [-0.2, -0.15) is 0 Å². The molecule has 0 atom stereocenters. The summed E-state index contributed by atoms with van der Waals surface area (Å²) in [7, 11) is 0. The summed E-state index contributed by atoms with van der Waals surface area (Å²) in [6.07, 6.45) is 0. The van der Waals surface area contributed by atoms with Crippen molar-refractivity contribution in [1.82, 2.24) is 0 Å². The van der Waals surface area contributed by atoms with Crippen molar-refractivity contribution in [3.63, 3.8) is 0 Å². The zero-order valence-electron chi connectivity index (χ0n) is 8.62. The molecule has 0 aliphatic carbocycles. The minimum atomic E-state index is 0.0939. The van der Waals surface area contributed by atoms with E-state index in [1.807, 2.05) is 24.3 Å². The number of carbonyl (C=O) groups excluding carboxylic acids is 1. The van der Waals surface area contributed by atoms with Crippen LogP contribution >= 0.6 is 11.8 Å². The second kappa shape index (κ2) is 6.28. The Balaban J connectivity index is 2.66. The number of thioether (sulfide) groups is 1. The second-order valence-corrected chi connectivity index (χ2v) is 4.10. The number of benzene rings is 1. The molecule has 0 aliphatic heterocycles. The summed E-state index contributed by atoms with van der Waals surface area (Å²) in [4.78, 5) is 10.7. The van der Waals surface area contributed by atoms with Gasteiger partial charge in [0.1, 0.15) is 0 Å². The molecule has 0 aromatic heterocycles. The lowest BCUT2D eigenvalue weighted by Crippen LogP contribution is -1.98. The molecule has 0 aliphatic rings. The third-order valence-corrected chi connectivity index (χ3v) is 2.50. The van der Waals surface area contributed by atoms with Crippen molar-refractivity contribution in [3.05, 3.63) is 35.4 Å². The maximum atomic E-state index is 10.7. The summed E-state index contributed by atoms with van der Waals surface area (Å²) < 4.78 is 0. The normalized spacial score (nSPS) is 9.20. The SMILES string of the molecule is CC(=O)SCC#Cc1ccccc1CN. The highest BCUT2D eigenvalue weighted by Crippen LogP contribution is 2.06. The summed E-state index contributed by atoms with van der Waals surface area (Å²) >= 11 is 1.22. The predicted molar refractivity (Wildman–Crippen MR) is 64.4 cm³/mol. The standard InChI is InChI=1S/C12H13NOS/c1-10(14)15-8-4-7-11-5-2-3-6-12(11)9-13/h2-3,5-6H,8-9,13H2,1H3. The van der Waals surface area contributed by atoms with Crippen LogP contribution in [0.3, 0.4) is 0 Å². The minimum Gasteiger partial charge on any atom is -0.326 e. The molecule has 3 heteroatoms. The lowest BCUT2D eigenvalue weighted by Gasteiger charge is -1.98. The van der Waals surface area contributed by atoms with Crippen molar-refractivity contribution in [3.8, 4) is 11.8 Å². The van der Waals surface area contributed by atoms with E-state index in [0.29, 0.717) is 12.3 Å². The zero-order chi connectivity index (χ0) is 11.1. The van der Waals surface area contributed by atoms with E-state index in [1.165, 1.54) is 11.8 Å². The highest BCUT2D eigenvalue weighted by Gasteiger charge is 1.95. The van der Waals surface area contributed by atoms with Crippen LogP contribution in [0.1, 0.15) is 18.1 Å². The van der Waals surface area contributed by atoms with E-state index in [1.54, 1.807) is 6.92 Å². The third kappa shape index (κ3) is 4.20. The number of nitrogens with two attached hydrogens (primary N) is 1. The van der Waals surface area contributed by atoms with E-state index in [2.05, 4.69) is 11.8 Å². The molecule has 2 N–H and O–H groups in total. The Kier molecular flexibility index (Phi) is 4.96. The third-order valence-electron chi connectivity index (χ3n) is 1.81. The average Bonchev–Trinajstić information content (AvgIpc) is 2.24. The van der Waals surface area contributed by atoms with E-state index < -0.39 is 0 Å². The van der Waals surface area contributed by atoms with Crippen LogP contribution in [0.25, 0.3) is 0 Å². The zero-order valence-corrected chi connectivity index (χ0v) is 9.43. The van der Waals surface area contributed by atoms with Gasteiger partial charge in [0, 0.05) is 19.0 Å². The van der Waals surface area contributed by atoms with Crippen LogP contribution in [0.4, 0.5) is 0 Å². The van der Waals surface area contributed by atoms with Gasteiger partial charge in [-0.3, -0.25) is 4.79 Å². The van der Waals surface area contributed by atoms with Gasteiger partial charge in [-0.25, -0.2) is 0 Å². The number of rotatable bonds is 2. The first-order chi connectivity index (χ1) is 7.24. The fraction of sp³-hybridized carbons (Fsp3) is 0.250. The van der Waals surface area contributed by atoms with E-state index in [9.17, 15) is 4.79 Å². The molecule has 0 unspecified atom stereocenters. The van der Waals surface area contributed by atoms with E-state index in [0.717, 1.165) is 11.1 Å². The van der Waals surface area contributed by atoms with Gasteiger partial charge in [0.05, 0.1) is 5.75 Å². The highest BCUT2D eigenvalue weighted by atomic mass is 32.2. The molecule has 78 valence electrons. The smallest absolute Gasteiger partial charge is 0.186 e. The van der Waals surface area contributed by atoms with Crippen LogP contribution in [-0.2, 0) is 11.3 Å². The molecule has 2 nitrogen and oxygen atoms in total. The van der Waals surface area contributed by atoms with Gasteiger partial charge in [-0.05, 0) is 11.6 Å². The first-order valence-corrected chi connectivity index (χ1v) is 5.63. The molecule has 15 heavy (non-hydrogen) atoms. The fourth-order valence-corrected chi connectivity index (χ4v) is 1.44. The van der Waals surface area contributed by atoms with E-state index >= 15 is 0 Å². The molecular weight excluding hydrogens is 206 g/mol. The van der Waals surface area contributed by atoms with Crippen molar-refractivity contribution in [1.29, 1.82) is 0 Å². The summed E-state index contributed by atoms with van der Waals surface area (Å²) in [5.74, 6) is 6.50. The highest BCUT2D eigenvalue weighted by molar-refractivity contribution is 8.13. The van der Waals surface area contributed by atoms with Crippen LogP contribution in [0.2, 0.25) is 0 Å². The molecular formula is C12H13NOS. The Morgan fingerprint density at radius 1 is 1.47 bits per heavy atom. The summed E-state index contributed by atoms with van der Waals surface area (Å²) in [5, 5.41) is 0.0939. The number of hydrogen-bond acceptors (Lipinski definition) is 3. The summed E-state index contributed by atoms with van der Waals surface area (Å²) in [6.45, 7) is 2.03. The van der Waals surface area contributed by atoms with Gasteiger partial charge in [-0.1, -0.05) is 41.8 Å². The quantitative estimate of drug-likeness (QED) is 0.771. The second-order valence-electron chi connectivity index (χ2n) is 2.94. The lowest BCUT2D eigenvalue weighted by molar-refractivity contribution is -0.109. The molecule has 0 spiro atoms. The van der Waals surface area contributed by atoms with Gasteiger partial charge in [0.25, 0.3) is 0 Å². The first-order valence-electron chi connectivity index (χ1n) is 4.64. The Bertz CT molecular complexity index is 404. The first kappa shape index (κ1) is 11.8. The Morgan fingerprint density at radius 2 is 2.20 bits per heavy atom. The maximum absolute atomic E-state index is 10.7. The molecule has 1 aromatic rings. The van der Waals surface area contributed by atoms with E-state index in [-0.39, 0.29) is 5.12 Å². The van der Waals surface area contributed by atoms with Crippen LogP contribution in [0.5, 0.6) is 0 Å². The Morgan fingerprint density at radius 3 is 2.87 bits per heavy atom. The predicted octanol–water partition coefficient (Wildman–Crippen LogP) is 1.78. The Hall–Kier alpha value is -1.24. The van der Waals surface area contributed by atoms with Crippen molar-refractivity contribution < 1.29 is 4.79 Å². The average molecular weight is 219 g/mol. The lowest BCUT2D eigenvalue weighted by atomic mass is 10.1. The van der Waals surface area contributed by atoms with Gasteiger partial charge in [-0.15, -0.1) is 0 Å². The van der Waals surface area contributed by atoms with Crippen LogP contribution in [-0.4, -0.2) is 10.9 Å². The molecule has 0 amide bonds. The number of carbonyl (C=O) groups is 1. The molecule has 1 rings (SSSR count). The van der Waals surface area contributed by atoms with Crippen LogP contribution < -0.4 is 5.73 Å². The van der Waals surface area contributed by atoms with Gasteiger partial charge in [0.15, 0.2) is 5.12 Å². The topological polar surface area (TPSA) is 43.1 Å². The molecule has 0 saturated carbocycles. The molecule has 0 bridgehead atoms. The Labute approximate surface area is 94.2 Å². The number of hydrogen-bond donors (Lipinski definition) is 1. The maximum Gasteiger partial charge on any atom is 0.186 e. The molecule has 0 radical (unpaired) electrons. The van der Waals surface area contributed by atoms with Gasteiger partial charge < -0.3 is 5.73 Å². The van der Waals surface area contributed by atoms with Crippen LogP contribution in [0, 0.1) is 11.8 Å². The molecule has 0 heterocycles. The van der Waals surface area contributed by atoms with Crippen LogP contribution in [0.15, 0.2) is 24.3 Å². The largest absolute Gasteiger partial charge is 0.326 e. The summed E-state index contributed by atoms with van der Waals surface area (Å²) in [5.41, 5.74) is 7.56. The van der Waals surface area contributed by atoms with Crippen molar-refractivity contribution in [2.24, 2.45) is 5.73 Å². The summed E-state index contributed by atoms with van der Waals surface area (Å²) in [6, 6.07) is 7.77. The fourth-order valence-electron chi connectivity index (χ4n) is 1.09. The van der Waals surface area contributed by atoms with Crippen molar-refractivity contribution in [2.45, 2.75) is 13.5 Å². The van der Waals surface area contributed by atoms with Gasteiger partial charge >= 0.3 is 0 Å². The van der Waals surface area contributed by atoms with Gasteiger partial charge in [0.2, 0.25) is 0 Å². The van der Waals surface area contributed by atoms with Crippen molar-refractivity contribution in [2.75, 3.05) is 5.75 Å². The molecule has 1 aromatic carbocycles.